The van der Waals surface area contributed by atoms with Crippen molar-refractivity contribution in [3.63, 3.8) is 0 Å². The molecule has 2 amide bonds. The highest BCUT2D eigenvalue weighted by Gasteiger charge is 2.22. The summed E-state index contributed by atoms with van der Waals surface area (Å²) < 4.78 is 1.69. The maximum atomic E-state index is 13.1. The van der Waals surface area contributed by atoms with Gasteiger partial charge in [0.15, 0.2) is 5.82 Å². The lowest BCUT2D eigenvalue weighted by Crippen LogP contribution is -2.24. The van der Waals surface area contributed by atoms with Crippen LogP contribution in [0.4, 0.5) is 11.5 Å². The third kappa shape index (κ3) is 4.44. The summed E-state index contributed by atoms with van der Waals surface area (Å²) >= 11 is 0. The molecule has 0 aliphatic carbocycles. The first-order valence-electron chi connectivity index (χ1n) is 10.6. The highest BCUT2D eigenvalue weighted by atomic mass is 16.6. The van der Waals surface area contributed by atoms with Crippen molar-refractivity contribution >= 4 is 28.8 Å². The smallest absolute Gasteiger partial charge is 0.274 e. The number of pyridine rings is 1. The normalized spacial score (nSPS) is 10.8. The Morgan fingerprint density at radius 1 is 1.06 bits per heavy atom. The number of aryl methyl sites for hydroxylation is 3. The number of carbonyl (C=O) groups excluding carboxylic acids is 2. The summed E-state index contributed by atoms with van der Waals surface area (Å²) in [5, 5.41) is 10.6. The SMILES string of the molecule is CONC(=O)c1ccc(C)c(Nc2ncnn3c(C)c(C(=O)NCc4ccccn4)c(C)c23)c1. The van der Waals surface area contributed by atoms with Crippen LogP contribution in [0.2, 0.25) is 0 Å². The summed E-state index contributed by atoms with van der Waals surface area (Å²) in [6, 6.07) is 10.8. The number of benzene rings is 1. The number of rotatable bonds is 7. The Hall–Kier alpha value is -4.31. The molecule has 0 saturated carbocycles. The van der Waals surface area contributed by atoms with Crippen molar-refractivity contribution in [1.29, 1.82) is 0 Å². The minimum Gasteiger partial charge on any atom is -0.346 e. The maximum Gasteiger partial charge on any atom is 0.274 e. The number of carbonyl (C=O) groups is 2. The molecular weight excluding hydrogens is 434 g/mol. The zero-order valence-corrected chi connectivity index (χ0v) is 19.3. The molecule has 0 bridgehead atoms. The standard InChI is InChI=1S/C24H25N7O3/c1-14-8-9-17(23(32)30-34-4)11-19(14)29-22-21-15(2)20(16(3)31(21)28-13-27-22)24(33)26-12-18-7-5-6-10-25-18/h5-11,13H,12H2,1-4H3,(H,26,33)(H,30,32)(H,27,28,29). The Kier molecular flexibility index (Phi) is 6.51. The van der Waals surface area contributed by atoms with Crippen LogP contribution in [0.25, 0.3) is 5.52 Å². The van der Waals surface area contributed by atoms with Crippen LogP contribution in [0.5, 0.6) is 0 Å². The van der Waals surface area contributed by atoms with Gasteiger partial charge in [0.2, 0.25) is 0 Å². The average Bonchev–Trinajstić information content (AvgIpc) is 3.10. The summed E-state index contributed by atoms with van der Waals surface area (Å²) in [6.07, 6.45) is 3.11. The third-order valence-electron chi connectivity index (χ3n) is 5.53. The van der Waals surface area contributed by atoms with Crippen molar-refractivity contribution in [1.82, 2.24) is 30.4 Å². The van der Waals surface area contributed by atoms with Crippen molar-refractivity contribution in [2.45, 2.75) is 27.3 Å². The van der Waals surface area contributed by atoms with Crippen molar-refractivity contribution in [2.75, 3.05) is 12.4 Å². The van der Waals surface area contributed by atoms with Crippen molar-refractivity contribution < 1.29 is 14.4 Å². The van der Waals surface area contributed by atoms with Gasteiger partial charge in [-0.2, -0.15) is 5.10 Å². The predicted molar refractivity (Wildman–Crippen MR) is 127 cm³/mol. The molecule has 0 fully saturated rings. The molecule has 3 heterocycles. The average molecular weight is 460 g/mol. The van der Waals surface area contributed by atoms with Gasteiger partial charge in [0.25, 0.3) is 11.8 Å². The second-order valence-corrected chi connectivity index (χ2v) is 7.75. The lowest BCUT2D eigenvalue weighted by Gasteiger charge is -2.12. The highest BCUT2D eigenvalue weighted by Crippen LogP contribution is 2.29. The molecule has 34 heavy (non-hydrogen) atoms. The molecule has 0 spiro atoms. The first-order chi connectivity index (χ1) is 16.4. The van der Waals surface area contributed by atoms with Crippen LogP contribution in [0.3, 0.4) is 0 Å². The van der Waals surface area contributed by atoms with Crippen LogP contribution in [0, 0.1) is 20.8 Å². The number of hydrogen-bond donors (Lipinski definition) is 3. The fraction of sp³-hybridized carbons (Fsp3) is 0.208. The van der Waals surface area contributed by atoms with E-state index in [1.807, 2.05) is 45.0 Å². The van der Waals surface area contributed by atoms with E-state index in [1.165, 1.54) is 13.4 Å². The first kappa shape index (κ1) is 22.9. The molecule has 0 radical (unpaired) electrons. The number of fused-ring (bicyclic) bond motifs is 1. The van der Waals surface area contributed by atoms with E-state index >= 15 is 0 Å². The topological polar surface area (TPSA) is 123 Å². The number of hydroxylamine groups is 1. The molecule has 0 aliphatic heterocycles. The molecule has 3 aromatic heterocycles. The molecular formula is C24H25N7O3. The molecule has 1 aromatic carbocycles. The zero-order chi connectivity index (χ0) is 24.2. The van der Waals surface area contributed by atoms with E-state index in [0.717, 1.165) is 16.8 Å². The molecule has 0 aliphatic rings. The molecule has 0 atom stereocenters. The Bertz CT molecular complexity index is 1370. The molecule has 3 N–H and O–H groups in total. The largest absolute Gasteiger partial charge is 0.346 e. The minimum atomic E-state index is -0.361. The second kappa shape index (κ2) is 9.67. The van der Waals surface area contributed by atoms with Crippen molar-refractivity contribution in [2.24, 2.45) is 0 Å². The third-order valence-corrected chi connectivity index (χ3v) is 5.53. The van der Waals surface area contributed by atoms with Gasteiger partial charge in [-0.1, -0.05) is 12.1 Å². The number of hydrogen-bond acceptors (Lipinski definition) is 7. The summed E-state index contributed by atoms with van der Waals surface area (Å²) in [4.78, 5) is 38.6. The van der Waals surface area contributed by atoms with Gasteiger partial charge in [-0.15, -0.1) is 0 Å². The summed E-state index contributed by atoms with van der Waals surface area (Å²) in [5.74, 6) is -0.0572. The summed E-state index contributed by atoms with van der Waals surface area (Å²) in [7, 11) is 1.38. The Labute approximate surface area is 196 Å². The van der Waals surface area contributed by atoms with Gasteiger partial charge in [-0.05, 0) is 56.2 Å². The number of anilines is 2. The van der Waals surface area contributed by atoms with E-state index in [4.69, 9.17) is 4.84 Å². The predicted octanol–water partition coefficient (Wildman–Crippen LogP) is 3.01. The van der Waals surface area contributed by atoms with Gasteiger partial charge in [-0.25, -0.2) is 15.0 Å². The lowest BCUT2D eigenvalue weighted by atomic mass is 10.1. The van der Waals surface area contributed by atoms with Gasteiger partial charge < -0.3 is 10.6 Å². The van der Waals surface area contributed by atoms with Gasteiger partial charge in [0, 0.05) is 17.4 Å². The van der Waals surface area contributed by atoms with Gasteiger partial charge >= 0.3 is 0 Å². The van der Waals surface area contributed by atoms with Crippen LogP contribution in [0.15, 0.2) is 48.9 Å². The van der Waals surface area contributed by atoms with Crippen LogP contribution in [-0.2, 0) is 11.4 Å². The van der Waals surface area contributed by atoms with Crippen molar-refractivity contribution in [3.05, 3.63) is 82.6 Å². The summed E-state index contributed by atoms with van der Waals surface area (Å²) in [6.45, 7) is 5.94. The molecule has 0 unspecified atom stereocenters. The van der Waals surface area contributed by atoms with Crippen molar-refractivity contribution in [3.8, 4) is 0 Å². The number of amides is 2. The highest BCUT2D eigenvalue weighted by molar-refractivity contribution is 6.01. The Morgan fingerprint density at radius 3 is 2.62 bits per heavy atom. The van der Waals surface area contributed by atoms with E-state index in [0.29, 0.717) is 40.4 Å². The van der Waals surface area contributed by atoms with E-state index in [-0.39, 0.29) is 11.8 Å². The van der Waals surface area contributed by atoms with E-state index in [1.54, 1.807) is 22.8 Å². The zero-order valence-electron chi connectivity index (χ0n) is 19.3. The fourth-order valence-electron chi connectivity index (χ4n) is 3.81. The number of aromatic nitrogens is 4. The van der Waals surface area contributed by atoms with Gasteiger partial charge in [0.05, 0.1) is 30.6 Å². The van der Waals surface area contributed by atoms with Gasteiger partial charge in [-0.3, -0.25) is 19.4 Å². The molecule has 174 valence electrons. The van der Waals surface area contributed by atoms with E-state index < -0.39 is 0 Å². The van der Waals surface area contributed by atoms with E-state index in [9.17, 15) is 9.59 Å². The molecule has 10 nitrogen and oxygen atoms in total. The molecule has 0 saturated heterocycles. The Balaban J connectivity index is 1.67. The maximum absolute atomic E-state index is 13.1. The quantitative estimate of drug-likeness (QED) is 0.363. The summed E-state index contributed by atoms with van der Waals surface area (Å²) in [5.41, 5.74) is 7.77. The molecule has 4 rings (SSSR count). The molecule has 4 aromatic rings. The first-order valence-corrected chi connectivity index (χ1v) is 10.6. The fourth-order valence-corrected chi connectivity index (χ4v) is 3.81. The van der Waals surface area contributed by atoms with Crippen LogP contribution in [-0.4, -0.2) is 38.5 Å². The molecule has 10 heteroatoms. The monoisotopic (exact) mass is 459 g/mol. The van der Waals surface area contributed by atoms with Crippen LogP contribution >= 0.6 is 0 Å². The number of nitrogens with zero attached hydrogens (tertiary/aromatic N) is 4. The van der Waals surface area contributed by atoms with E-state index in [2.05, 4.69) is 31.2 Å². The number of nitrogens with one attached hydrogen (secondary N) is 3. The lowest BCUT2D eigenvalue weighted by molar-refractivity contribution is 0.0537. The van der Waals surface area contributed by atoms with Crippen LogP contribution < -0.4 is 16.1 Å². The second-order valence-electron chi connectivity index (χ2n) is 7.75. The van der Waals surface area contributed by atoms with Gasteiger partial charge in [0.1, 0.15) is 11.8 Å². The van der Waals surface area contributed by atoms with Crippen LogP contribution in [0.1, 0.15) is 43.2 Å². The Morgan fingerprint density at radius 2 is 1.88 bits per heavy atom. The minimum absolute atomic E-state index is 0.216.